The van der Waals surface area contributed by atoms with E-state index in [0.717, 1.165) is 22.6 Å². The van der Waals surface area contributed by atoms with Gasteiger partial charge in [0.2, 0.25) is 0 Å². The van der Waals surface area contributed by atoms with Gasteiger partial charge in [0.05, 0.1) is 41.6 Å². The largest absolute Gasteiger partial charge is 0.435 e. The highest BCUT2D eigenvalue weighted by molar-refractivity contribution is 6.34. The van der Waals surface area contributed by atoms with Crippen LogP contribution in [0.25, 0.3) is 10.9 Å². The summed E-state index contributed by atoms with van der Waals surface area (Å²) in [7, 11) is 0. The molecule has 0 fully saturated rings. The third-order valence-electron chi connectivity index (χ3n) is 5.27. The van der Waals surface area contributed by atoms with Gasteiger partial charge in [0.1, 0.15) is 5.82 Å². The topological polar surface area (TPSA) is 94.2 Å². The molecule has 11 heteroatoms. The number of amides is 1. The molecule has 168 valence electrons. The molecule has 0 radical (unpaired) electrons. The van der Waals surface area contributed by atoms with E-state index in [9.17, 15) is 18.0 Å². The Morgan fingerprint density at radius 3 is 2.56 bits per heavy atom. The molecule has 0 unspecified atom stereocenters. The first-order chi connectivity index (χ1) is 15.1. The Morgan fingerprint density at radius 2 is 1.94 bits per heavy atom. The van der Waals surface area contributed by atoms with Gasteiger partial charge in [-0.3, -0.25) is 4.79 Å². The number of pyridine rings is 1. The minimum absolute atomic E-state index is 0.0305. The normalized spacial score (nSPS) is 13.6. The molecular weight excluding hydrogens is 447 g/mol. The molecule has 0 spiro atoms. The highest BCUT2D eigenvalue weighted by atomic mass is 35.5. The Balaban J connectivity index is 1.69. The summed E-state index contributed by atoms with van der Waals surface area (Å²) in [6.07, 6.45) is -4.58. The fourth-order valence-electron chi connectivity index (χ4n) is 3.57. The number of hydrogen-bond acceptors (Lipinski definition) is 6. The lowest BCUT2D eigenvalue weighted by atomic mass is 10.0. The third-order valence-corrected chi connectivity index (χ3v) is 5.59. The Morgan fingerprint density at radius 1 is 1.22 bits per heavy atom. The van der Waals surface area contributed by atoms with E-state index in [4.69, 9.17) is 22.1 Å². The quantitative estimate of drug-likeness (QED) is 0.615. The van der Waals surface area contributed by atoms with Gasteiger partial charge in [-0.25, -0.2) is 4.98 Å². The first-order valence-corrected chi connectivity index (χ1v) is 10.1. The molecule has 0 saturated carbocycles. The van der Waals surface area contributed by atoms with Crippen LogP contribution < -0.4 is 5.73 Å². The number of ether oxygens (including phenoxy) is 1. The maximum absolute atomic E-state index is 13.4. The second kappa shape index (κ2) is 8.18. The molecule has 1 aliphatic heterocycles. The molecule has 3 aromatic rings. The van der Waals surface area contributed by atoms with Crippen molar-refractivity contribution in [1.82, 2.24) is 20.1 Å². The second-order valence-electron chi connectivity index (χ2n) is 7.73. The van der Waals surface area contributed by atoms with Crippen LogP contribution >= 0.6 is 11.6 Å². The number of aromatic nitrogens is 3. The summed E-state index contributed by atoms with van der Waals surface area (Å²) in [4.78, 5) is 19.2. The lowest BCUT2D eigenvalue weighted by molar-refractivity contribution is -0.141. The van der Waals surface area contributed by atoms with Gasteiger partial charge in [0, 0.05) is 17.0 Å². The molecule has 3 heterocycles. The van der Waals surface area contributed by atoms with Crippen LogP contribution in [0.3, 0.4) is 0 Å². The molecule has 32 heavy (non-hydrogen) atoms. The molecular formula is C21H19ClF3N5O2. The van der Waals surface area contributed by atoms with Gasteiger partial charge < -0.3 is 15.4 Å². The summed E-state index contributed by atoms with van der Waals surface area (Å²) in [5, 5.41) is 7.77. The zero-order chi connectivity index (χ0) is 23.2. The number of hydrogen-bond donors (Lipinski definition) is 1. The van der Waals surface area contributed by atoms with Gasteiger partial charge in [-0.05, 0) is 43.7 Å². The van der Waals surface area contributed by atoms with Crippen molar-refractivity contribution < 1.29 is 22.7 Å². The van der Waals surface area contributed by atoms with E-state index in [0.29, 0.717) is 24.5 Å². The predicted molar refractivity (Wildman–Crippen MR) is 112 cm³/mol. The summed E-state index contributed by atoms with van der Waals surface area (Å²) in [6, 6.07) is 5.01. The molecule has 1 amide bonds. The number of carbonyl (C=O) groups is 1. The summed E-state index contributed by atoms with van der Waals surface area (Å²) in [5.41, 5.74) is 7.59. The van der Waals surface area contributed by atoms with E-state index >= 15 is 0 Å². The van der Waals surface area contributed by atoms with Crippen LogP contribution in [0.15, 0.2) is 24.3 Å². The SMILES string of the molecule is CC(C)N(Cc1ccc(C(F)(F)F)nn1)C(=O)c1cc2c3c(c(N)nc2cc1Cl)COC3. The maximum atomic E-state index is 13.4. The fourth-order valence-corrected chi connectivity index (χ4v) is 3.81. The molecule has 4 rings (SSSR count). The molecule has 0 bridgehead atoms. The number of fused-ring (bicyclic) bond motifs is 3. The molecule has 2 aromatic heterocycles. The Kier molecular flexibility index (Phi) is 5.68. The maximum Gasteiger partial charge on any atom is 0.435 e. The Labute approximate surface area is 186 Å². The van der Waals surface area contributed by atoms with Crippen molar-refractivity contribution >= 4 is 34.2 Å². The van der Waals surface area contributed by atoms with Gasteiger partial charge >= 0.3 is 6.18 Å². The highest BCUT2D eigenvalue weighted by Gasteiger charge is 2.33. The fraction of sp³-hybridized carbons (Fsp3) is 0.333. The second-order valence-corrected chi connectivity index (χ2v) is 8.14. The molecule has 0 atom stereocenters. The van der Waals surface area contributed by atoms with E-state index in [1.807, 2.05) is 0 Å². The summed E-state index contributed by atoms with van der Waals surface area (Å²) >= 11 is 6.41. The van der Waals surface area contributed by atoms with Gasteiger partial charge in [-0.1, -0.05) is 11.6 Å². The van der Waals surface area contributed by atoms with Crippen molar-refractivity contribution in [3.63, 3.8) is 0 Å². The molecule has 1 aliphatic rings. The average molecular weight is 466 g/mol. The average Bonchev–Trinajstić information content (AvgIpc) is 3.21. The monoisotopic (exact) mass is 465 g/mol. The number of anilines is 1. The minimum atomic E-state index is -4.58. The number of rotatable bonds is 4. The Bertz CT molecular complexity index is 1200. The molecule has 7 nitrogen and oxygen atoms in total. The van der Waals surface area contributed by atoms with Crippen LogP contribution in [0.4, 0.5) is 19.0 Å². The van der Waals surface area contributed by atoms with E-state index in [-0.39, 0.29) is 28.9 Å². The summed E-state index contributed by atoms with van der Waals surface area (Å²) in [6.45, 7) is 4.25. The Hall–Kier alpha value is -2.98. The van der Waals surface area contributed by atoms with Gasteiger partial charge in [-0.15, -0.1) is 5.10 Å². The molecule has 1 aromatic carbocycles. The first-order valence-electron chi connectivity index (χ1n) is 9.75. The summed E-state index contributed by atoms with van der Waals surface area (Å²) in [5.74, 6) is -0.0251. The zero-order valence-corrected chi connectivity index (χ0v) is 18.0. The van der Waals surface area contributed by atoms with Crippen molar-refractivity contribution in [3.05, 3.63) is 57.4 Å². The number of nitrogens with zero attached hydrogens (tertiary/aromatic N) is 4. The molecule has 0 saturated heterocycles. The van der Waals surface area contributed by atoms with Crippen LogP contribution in [-0.2, 0) is 30.7 Å². The standard InChI is InChI=1S/C21H19ClF3N5O2/c1-10(2)30(7-11-3-4-18(29-28-11)21(23,24)25)20(31)13-5-12-14-8-32-9-15(14)19(26)27-17(12)6-16(13)22/h3-6,10H,7-9H2,1-2H3,(H2,26,27). The third kappa shape index (κ3) is 4.07. The van der Waals surface area contributed by atoms with Crippen molar-refractivity contribution in [3.8, 4) is 0 Å². The van der Waals surface area contributed by atoms with Crippen molar-refractivity contribution in [1.29, 1.82) is 0 Å². The van der Waals surface area contributed by atoms with Gasteiger partial charge in [0.25, 0.3) is 5.91 Å². The number of benzene rings is 1. The minimum Gasteiger partial charge on any atom is -0.383 e. The van der Waals surface area contributed by atoms with Crippen molar-refractivity contribution in [2.24, 2.45) is 0 Å². The highest BCUT2D eigenvalue weighted by Crippen LogP contribution is 2.34. The van der Waals surface area contributed by atoms with E-state index in [2.05, 4.69) is 15.2 Å². The van der Waals surface area contributed by atoms with E-state index in [1.54, 1.807) is 26.0 Å². The predicted octanol–water partition coefficient (Wildman–Crippen LogP) is 4.36. The lowest BCUT2D eigenvalue weighted by Gasteiger charge is -2.27. The van der Waals surface area contributed by atoms with E-state index in [1.165, 1.54) is 11.0 Å². The van der Waals surface area contributed by atoms with Crippen LogP contribution in [0, 0.1) is 0 Å². The van der Waals surface area contributed by atoms with Crippen LogP contribution in [0.5, 0.6) is 0 Å². The molecule has 0 aliphatic carbocycles. The lowest BCUT2D eigenvalue weighted by Crippen LogP contribution is -2.37. The van der Waals surface area contributed by atoms with Gasteiger partial charge in [-0.2, -0.15) is 18.3 Å². The number of nitrogen functional groups attached to an aromatic ring is 1. The first kappa shape index (κ1) is 22.2. The van der Waals surface area contributed by atoms with E-state index < -0.39 is 17.8 Å². The smallest absolute Gasteiger partial charge is 0.383 e. The van der Waals surface area contributed by atoms with Crippen LogP contribution in [0.2, 0.25) is 5.02 Å². The number of alkyl halides is 3. The molecule has 2 N–H and O–H groups in total. The van der Waals surface area contributed by atoms with Crippen molar-refractivity contribution in [2.75, 3.05) is 5.73 Å². The van der Waals surface area contributed by atoms with Crippen LogP contribution in [-0.4, -0.2) is 32.0 Å². The summed E-state index contributed by atoms with van der Waals surface area (Å²) < 4.78 is 43.7. The number of halogens is 4. The van der Waals surface area contributed by atoms with Crippen molar-refractivity contribution in [2.45, 2.75) is 45.8 Å². The zero-order valence-electron chi connectivity index (χ0n) is 17.2. The van der Waals surface area contributed by atoms with Gasteiger partial charge in [0.15, 0.2) is 5.69 Å². The number of nitrogens with two attached hydrogens (primary N) is 1. The number of carbonyl (C=O) groups excluding carboxylic acids is 1. The van der Waals surface area contributed by atoms with Crippen LogP contribution in [0.1, 0.15) is 46.7 Å².